The molecule has 0 saturated carbocycles. The van der Waals surface area contributed by atoms with Gasteiger partial charge >= 0.3 is 0 Å². The highest BCUT2D eigenvalue weighted by Gasteiger charge is 1.95. The predicted molar refractivity (Wildman–Crippen MR) is 61.0 cm³/mol. The molecule has 15 heavy (non-hydrogen) atoms. The average Bonchev–Trinajstić information content (AvgIpc) is 2.29. The van der Waals surface area contributed by atoms with Gasteiger partial charge in [-0.3, -0.25) is 4.98 Å². The van der Waals surface area contributed by atoms with Gasteiger partial charge in [-0.1, -0.05) is 18.2 Å². The summed E-state index contributed by atoms with van der Waals surface area (Å²) in [5.74, 6) is 0. The van der Waals surface area contributed by atoms with Crippen LogP contribution in [-0.2, 0) is 0 Å². The van der Waals surface area contributed by atoms with E-state index in [4.69, 9.17) is 5.26 Å². The van der Waals surface area contributed by atoms with Crippen LogP contribution < -0.4 is 0 Å². The number of hydrogen-bond acceptors (Lipinski definition) is 2. The van der Waals surface area contributed by atoms with Crippen molar-refractivity contribution in [2.45, 2.75) is 6.92 Å². The third kappa shape index (κ3) is 2.03. The summed E-state index contributed by atoms with van der Waals surface area (Å²) < 4.78 is 0. The number of pyridine rings is 1. The zero-order valence-corrected chi connectivity index (χ0v) is 8.44. The van der Waals surface area contributed by atoms with Crippen molar-refractivity contribution in [2.75, 3.05) is 0 Å². The van der Waals surface area contributed by atoms with E-state index in [1.165, 1.54) is 0 Å². The number of nitrogens with zero attached hydrogens (tertiary/aromatic N) is 2. The van der Waals surface area contributed by atoms with Gasteiger partial charge in [0.05, 0.1) is 11.6 Å². The Bertz CT molecular complexity index is 562. The molecule has 2 aromatic rings. The fourth-order valence-electron chi connectivity index (χ4n) is 1.45. The first-order valence-corrected chi connectivity index (χ1v) is 4.73. The number of hydrogen-bond donors (Lipinski definition) is 0. The molecule has 2 rings (SSSR count). The largest absolute Gasteiger partial charge is 0.256 e. The number of aromatic nitrogens is 1. The maximum atomic E-state index is 8.67. The zero-order valence-electron chi connectivity index (χ0n) is 8.44. The fourth-order valence-corrected chi connectivity index (χ4v) is 1.45. The van der Waals surface area contributed by atoms with E-state index < -0.39 is 0 Å². The van der Waals surface area contributed by atoms with Crippen LogP contribution in [0.2, 0.25) is 0 Å². The third-order valence-corrected chi connectivity index (χ3v) is 2.17. The van der Waals surface area contributed by atoms with Crippen molar-refractivity contribution in [3.63, 3.8) is 0 Å². The van der Waals surface area contributed by atoms with Gasteiger partial charge in [-0.2, -0.15) is 5.26 Å². The molecular weight excluding hydrogens is 184 g/mol. The second kappa shape index (κ2) is 3.93. The van der Waals surface area contributed by atoms with Crippen LogP contribution in [0.1, 0.15) is 12.5 Å². The Kier molecular flexibility index (Phi) is 2.47. The van der Waals surface area contributed by atoms with Gasteiger partial charge in [0.1, 0.15) is 0 Å². The van der Waals surface area contributed by atoms with E-state index in [1.807, 2.05) is 36.4 Å². The Morgan fingerprint density at radius 3 is 3.00 bits per heavy atom. The molecule has 0 radical (unpaired) electrons. The molecule has 1 aromatic heterocycles. The predicted octanol–water partition coefficient (Wildman–Crippen LogP) is 3.16. The lowest BCUT2D eigenvalue weighted by molar-refractivity contribution is 1.39. The maximum Gasteiger partial charge on any atom is 0.0944 e. The summed E-state index contributed by atoms with van der Waals surface area (Å²) in [4.78, 5) is 4.31. The van der Waals surface area contributed by atoms with Gasteiger partial charge in [0.15, 0.2) is 0 Å². The molecule has 0 aliphatic heterocycles. The van der Waals surface area contributed by atoms with Crippen LogP contribution in [0.3, 0.4) is 0 Å². The molecule has 2 heteroatoms. The first-order valence-electron chi connectivity index (χ1n) is 4.73. The fraction of sp³-hybridized carbons (Fsp3) is 0.0769. The lowest BCUT2D eigenvalue weighted by atomic mass is 10.1. The standard InChI is InChI=1S/C13H10N2/c1-10(8-14)6-11-7-12-4-2-3-5-13(12)15-9-11/h2-7,9H,1H3/b10-6+. The quantitative estimate of drug-likeness (QED) is 0.654. The normalized spacial score (nSPS) is 11.3. The van der Waals surface area contributed by atoms with Crippen molar-refractivity contribution in [2.24, 2.45) is 0 Å². The summed E-state index contributed by atoms with van der Waals surface area (Å²) in [5.41, 5.74) is 2.63. The summed E-state index contributed by atoms with van der Waals surface area (Å²) in [6, 6.07) is 12.1. The molecule has 0 aliphatic rings. The average molecular weight is 194 g/mol. The lowest BCUT2D eigenvalue weighted by Gasteiger charge is -1.98. The van der Waals surface area contributed by atoms with E-state index in [-0.39, 0.29) is 0 Å². The molecule has 0 aliphatic carbocycles. The highest BCUT2D eigenvalue weighted by molar-refractivity contribution is 5.80. The molecule has 72 valence electrons. The minimum atomic E-state index is 0.687. The van der Waals surface area contributed by atoms with Crippen molar-refractivity contribution in [3.05, 3.63) is 47.7 Å². The van der Waals surface area contributed by atoms with Crippen LogP contribution in [0.15, 0.2) is 42.1 Å². The van der Waals surface area contributed by atoms with Crippen LogP contribution in [-0.4, -0.2) is 4.98 Å². The highest BCUT2D eigenvalue weighted by Crippen LogP contribution is 2.14. The van der Waals surface area contributed by atoms with Crippen LogP contribution in [0.5, 0.6) is 0 Å². The first kappa shape index (κ1) is 9.42. The van der Waals surface area contributed by atoms with Crippen molar-refractivity contribution < 1.29 is 0 Å². The van der Waals surface area contributed by atoms with E-state index >= 15 is 0 Å². The maximum absolute atomic E-state index is 8.67. The van der Waals surface area contributed by atoms with Crippen LogP contribution in [0, 0.1) is 11.3 Å². The van der Waals surface area contributed by atoms with Crippen LogP contribution >= 0.6 is 0 Å². The molecule has 0 amide bonds. The smallest absolute Gasteiger partial charge is 0.0944 e. The van der Waals surface area contributed by atoms with Gasteiger partial charge in [0, 0.05) is 17.2 Å². The second-order valence-electron chi connectivity index (χ2n) is 3.40. The summed E-state index contributed by atoms with van der Waals surface area (Å²) in [6.45, 7) is 1.79. The number of fused-ring (bicyclic) bond motifs is 1. The Hall–Kier alpha value is -2.14. The van der Waals surface area contributed by atoms with Gasteiger partial charge in [-0.25, -0.2) is 0 Å². The van der Waals surface area contributed by atoms with Crippen molar-refractivity contribution >= 4 is 17.0 Å². The first-order chi connectivity index (χ1) is 7.29. The van der Waals surface area contributed by atoms with Gasteiger partial charge < -0.3 is 0 Å². The summed E-state index contributed by atoms with van der Waals surface area (Å²) in [6.07, 6.45) is 3.61. The molecule has 0 saturated heterocycles. The summed E-state index contributed by atoms with van der Waals surface area (Å²) in [7, 11) is 0. The molecule has 0 unspecified atom stereocenters. The topological polar surface area (TPSA) is 36.7 Å². The zero-order chi connectivity index (χ0) is 10.7. The molecule has 0 spiro atoms. The highest BCUT2D eigenvalue weighted by atomic mass is 14.6. The molecule has 0 fully saturated rings. The summed E-state index contributed by atoms with van der Waals surface area (Å²) >= 11 is 0. The molecule has 0 bridgehead atoms. The molecular formula is C13H10N2. The van der Waals surface area contributed by atoms with Gasteiger partial charge in [0.25, 0.3) is 0 Å². The number of benzene rings is 1. The Balaban J connectivity index is 2.53. The van der Waals surface area contributed by atoms with Crippen LogP contribution in [0.25, 0.3) is 17.0 Å². The van der Waals surface area contributed by atoms with Crippen molar-refractivity contribution in [1.82, 2.24) is 4.98 Å². The lowest BCUT2D eigenvalue weighted by Crippen LogP contribution is -1.81. The van der Waals surface area contributed by atoms with Gasteiger partial charge in [-0.05, 0) is 30.7 Å². The SMILES string of the molecule is C/C(C#N)=C\c1cnc2ccccc2c1. The third-order valence-electron chi connectivity index (χ3n) is 2.17. The molecule has 2 nitrogen and oxygen atoms in total. The summed E-state index contributed by atoms with van der Waals surface area (Å²) in [5, 5.41) is 9.77. The Morgan fingerprint density at radius 2 is 2.20 bits per heavy atom. The number of rotatable bonds is 1. The molecule has 1 aromatic carbocycles. The van der Waals surface area contributed by atoms with Gasteiger partial charge in [0.2, 0.25) is 0 Å². The van der Waals surface area contributed by atoms with Gasteiger partial charge in [-0.15, -0.1) is 0 Å². The monoisotopic (exact) mass is 194 g/mol. The van der Waals surface area contributed by atoms with E-state index in [9.17, 15) is 0 Å². The number of allylic oxidation sites excluding steroid dienone is 1. The minimum absolute atomic E-state index is 0.687. The van der Waals surface area contributed by atoms with Crippen molar-refractivity contribution in [3.8, 4) is 6.07 Å². The van der Waals surface area contributed by atoms with E-state index in [0.29, 0.717) is 5.57 Å². The van der Waals surface area contributed by atoms with E-state index in [1.54, 1.807) is 13.1 Å². The van der Waals surface area contributed by atoms with E-state index in [0.717, 1.165) is 16.5 Å². The molecule has 1 heterocycles. The van der Waals surface area contributed by atoms with E-state index in [2.05, 4.69) is 11.1 Å². The van der Waals surface area contributed by atoms with Crippen molar-refractivity contribution in [1.29, 1.82) is 5.26 Å². The Labute approximate surface area is 88.5 Å². The molecule has 0 N–H and O–H groups in total. The number of para-hydroxylation sites is 1. The molecule has 0 atom stereocenters. The van der Waals surface area contributed by atoms with Crippen LogP contribution in [0.4, 0.5) is 0 Å². The number of nitriles is 1. The Morgan fingerprint density at radius 1 is 1.40 bits per heavy atom. The second-order valence-corrected chi connectivity index (χ2v) is 3.40. The minimum Gasteiger partial charge on any atom is -0.256 e.